The Bertz CT molecular complexity index is 309. The molecule has 0 saturated heterocycles. The van der Waals surface area contributed by atoms with Crippen molar-refractivity contribution in [2.75, 3.05) is 33.9 Å². The Kier molecular flexibility index (Phi) is 6.92. The van der Waals surface area contributed by atoms with Crippen molar-refractivity contribution in [3.63, 3.8) is 0 Å². The molecule has 0 radical (unpaired) electrons. The monoisotopic (exact) mass is 286 g/mol. The van der Waals surface area contributed by atoms with Gasteiger partial charge in [-0.2, -0.15) is 0 Å². The van der Waals surface area contributed by atoms with Crippen LogP contribution in [0.4, 0.5) is 0 Å². The SMILES string of the molecule is COCCN(CCC1CCCC1(N)C(=O)OC)C(C)C. The van der Waals surface area contributed by atoms with Crippen molar-refractivity contribution in [1.29, 1.82) is 0 Å². The van der Waals surface area contributed by atoms with Crippen molar-refractivity contribution in [3.05, 3.63) is 0 Å². The highest BCUT2D eigenvalue weighted by Gasteiger charge is 2.46. The lowest BCUT2D eigenvalue weighted by atomic mass is 9.85. The molecule has 5 heteroatoms. The predicted molar refractivity (Wildman–Crippen MR) is 79.5 cm³/mol. The molecular weight excluding hydrogens is 256 g/mol. The number of carbonyl (C=O) groups is 1. The first-order chi connectivity index (χ1) is 9.45. The van der Waals surface area contributed by atoms with E-state index in [9.17, 15) is 4.79 Å². The normalized spacial score (nSPS) is 26.4. The molecule has 20 heavy (non-hydrogen) atoms. The minimum atomic E-state index is -0.779. The lowest BCUT2D eigenvalue weighted by molar-refractivity contribution is -0.148. The van der Waals surface area contributed by atoms with Crippen molar-refractivity contribution < 1.29 is 14.3 Å². The Labute approximate surface area is 122 Å². The van der Waals surface area contributed by atoms with Gasteiger partial charge in [0.1, 0.15) is 5.54 Å². The van der Waals surface area contributed by atoms with Crippen LogP contribution in [0, 0.1) is 5.92 Å². The third kappa shape index (κ3) is 4.17. The fourth-order valence-electron chi connectivity index (χ4n) is 3.12. The lowest BCUT2D eigenvalue weighted by Crippen LogP contribution is -2.52. The molecule has 0 heterocycles. The first-order valence-electron chi connectivity index (χ1n) is 7.56. The fourth-order valence-corrected chi connectivity index (χ4v) is 3.12. The molecule has 0 amide bonds. The van der Waals surface area contributed by atoms with E-state index in [2.05, 4.69) is 18.7 Å². The fraction of sp³-hybridized carbons (Fsp3) is 0.933. The quantitative estimate of drug-likeness (QED) is 0.683. The van der Waals surface area contributed by atoms with Gasteiger partial charge in [-0.25, -0.2) is 0 Å². The van der Waals surface area contributed by atoms with Gasteiger partial charge in [0.15, 0.2) is 0 Å². The van der Waals surface area contributed by atoms with Crippen molar-refractivity contribution in [2.24, 2.45) is 11.7 Å². The van der Waals surface area contributed by atoms with E-state index >= 15 is 0 Å². The number of ether oxygens (including phenoxy) is 2. The van der Waals surface area contributed by atoms with E-state index in [0.717, 1.165) is 45.4 Å². The highest BCUT2D eigenvalue weighted by molar-refractivity contribution is 5.81. The molecule has 2 atom stereocenters. The third-order valence-corrected chi connectivity index (χ3v) is 4.51. The van der Waals surface area contributed by atoms with Crippen LogP contribution in [0.2, 0.25) is 0 Å². The van der Waals surface area contributed by atoms with Crippen molar-refractivity contribution in [1.82, 2.24) is 4.90 Å². The van der Waals surface area contributed by atoms with Crippen LogP contribution < -0.4 is 5.73 Å². The second-order valence-corrected chi connectivity index (χ2v) is 6.03. The number of hydrogen-bond donors (Lipinski definition) is 1. The van der Waals surface area contributed by atoms with Gasteiger partial charge in [-0.1, -0.05) is 6.42 Å². The summed E-state index contributed by atoms with van der Waals surface area (Å²) in [6, 6.07) is 0.469. The van der Waals surface area contributed by atoms with Crippen LogP contribution in [-0.4, -0.2) is 56.4 Å². The number of hydrogen-bond acceptors (Lipinski definition) is 5. The van der Waals surface area contributed by atoms with E-state index < -0.39 is 5.54 Å². The van der Waals surface area contributed by atoms with Crippen LogP contribution in [0.15, 0.2) is 0 Å². The summed E-state index contributed by atoms with van der Waals surface area (Å²) in [6.07, 6.45) is 3.70. The van der Waals surface area contributed by atoms with Gasteiger partial charge >= 0.3 is 5.97 Å². The number of carbonyl (C=O) groups excluding carboxylic acids is 1. The van der Waals surface area contributed by atoms with Gasteiger partial charge in [0.25, 0.3) is 0 Å². The molecular formula is C15H30N2O3. The standard InChI is InChI=1S/C15H30N2O3/c1-12(2)17(10-11-19-3)9-7-13-6-5-8-15(13,16)14(18)20-4/h12-13H,5-11,16H2,1-4H3. The molecule has 1 saturated carbocycles. The zero-order valence-corrected chi connectivity index (χ0v) is 13.4. The summed E-state index contributed by atoms with van der Waals surface area (Å²) in [5.41, 5.74) is 5.52. The third-order valence-electron chi connectivity index (χ3n) is 4.51. The Balaban J connectivity index is 2.55. The van der Waals surface area contributed by atoms with Gasteiger partial charge < -0.3 is 15.2 Å². The number of rotatable bonds is 8. The van der Waals surface area contributed by atoms with Crippen LogP contribution in [0.3, 0.4) is 0 Å². The number of esters is 1. The summed E-state index contributed by atoms with van der Waals surface area (Å²) in [7, 11) is 3.14. The summed E-state index contributed by atoms with van der Waals surface area (Å²) in [5, 5.41) is 0. The van der Waals surface area contributed by atoms with Crippen LogP contribution in [-0.2, 0) is 14.3 Å². The van der Waals surface area contributed by atoms with E-state index in [4.69, 9.17) is 15.2 Å². The largest absolute Gasteiger partial charge is 0.468 e. The Morgan fingerprint density at radius 3 is 2.65 bits per heavy atom. The van der Waals surface area contributed by atoms with Gasteiger partial charge in [-0.05, 0) is 45.6 Å². The van der Waals surface area contributed by atoms with E-state index in [0.29, 0.717) is 6.04 Å². The highest BCUT2D eigenvalue weighted by Crippen LogP contribution is 2.37. The summed E-state index contributed by atoms with van der Waals surface area (Å²) in [4.78, 5) is 14.3. The minimum Gasteiger partial charge on any atom is -0.468 e. The maximum absolute atomic E-state index is 11.9. The molecule has 0 bridgehead atoms. The van der Waals surface area contributed by atoms with Crippen molar-refractivity contribution in [2.45, 2.75) is 51.1 Å². The molecule has 1 aliphatic carbocycles. The number of nitrogens with zero attached hydrogens (tertiary/aromatic N) is 1. The zero-order valence-electron chi connectivity index (χ0n) is 13.4. The molecule has 2 unspecified atom stereocenters. The maximum atomic E-state index is 11.9. The minimum absolute atomic E-state index is 0.221. The predicted octanol–water partition coefficient (Wildman–Crippen LogP) is 1.40. The van der Waals surface area contributed by atoms with Gasteiger partial charge in [0.2, 0.25) is 0 Å². The molecule has 0 aromatic rings. The Morgan fingerprint density at radius 1 is 1.40 bits per heavy atom. The Hall–Kier alpha value is -0.650. The molecule has 0 aromatic heterocycles. The first-order valence-corrected chi connectivity index (χ1v) is 7.56. The van der Waals surface area contributed by atoms with E-state index in [1.807, 2.05) is 0 Å². The molecule has 2 N–H and O–H groups in total. The highest BCUT2D eigenvalue weighted by atomic mass is 16.5. The second kappa shape index (κ2) is 7.96. The Morgan fingerprint density at radius 2 is 2.10 bits per heavy atom. The van der Waals surface area contributed by atoms with Gasteiger partial charge in [0, 0.05) is 19.7 Å². The molecule has 0 spiro atoms. The molecule has 1 aliphatic rings. The van der Waals surface area contributed by atoms with Crippen LogP contribution in [0.1, 0.15) is 39.5 Å². The van der Waals surface area contributed by atoms with Gasteiger partial charge in [0.05, 0.1) is 13.7 Å². The van der Waals surface area contributed by atoms with E-state index in [1.54, 1.807) is 7.11 Å². The topological polar surface area (TPSA) is 64.8 Å². The summed E-state index contributed by atoms with van der Waals surface area (Å²) < 4.78 is 10.0. The molecule has 0 aromatic carbocycles. The number of methoxy groups -OCH3 is 2. The molecule has 5 nitrogen and oxygen atoms in total. The van der Waals surface area contributed by atoms with E-state index in [1.165, 1.54) is 7.11 Å². The zero-order chi connectivity index (χ0) is 15.2. The first kappa shape index (κ1) is 17.4. The van der Waals surface area contributed by atoms with Gasteiger partial charge in [-0.15, -0.1) is 0 Å². The van der Waals surface area contributed by atoms with Crippen LogP contribution in [0.5, 0.6) is 0 Å². The average molecular weight is 286 g/mol. The van der Waals surface area contributed by atoms with E-state index in [-0.39, 0.29) is 11.9 Å². The maximum Gasteiger partial charge on any atom is 0.326 e. The average Bonchev–Trinajstić information content (AvgIpc) is 2.80. The van der Waals surface area contributed by atoms with Crippen molar-refractivity contribution in [3.8, 4) is 0 Å². The summed E-state index contributed by atoms with van der Waals surface area (Å²) in [6.45, 7) is 6.95. The van der Waals surface area contributed by atoms with Crippen LogP contribution in [0.25, 0.3) is 0 Å². The molecule has 1 rings (SSSR count). The van der Waals surface area contributed by atoms with Gasteiger partial charge in [-0.3, -0.25) is 9.69 Å². The second-order valence-electron chi connectivity index (χ2n) is 6.03. The van der Waals surface area contributed by atoms with Crippen LogP contribution >= 0.6 is 0 Å². The van der Waals surface area contributed by atoms with Crippen molar-refractivity contribution >= 4 is 5.97 Å². The smallest absolute Gasteiger partial charge is 0.326 e. The molecule has 118 valence electrons. The lowest BCUT2D eigenvalue weighted by Gasteiger charge is -2.32. The summed E-state index contributed by atoms with van der Waals surface area (Å²) >= 11 is 0. The summed E-state index contributed by atoms with van der Waals surface area (Å²) in [5.74, 6) is -0.0354. The molecule has 1 fully saturated rings. The molecule has 0 aliphatic heterocycles. The number of nitrogens with two attached hydrogens (primary N) is 1.